The number of nitrogens with one attached hydrogen (secondary N) is 1. The Labute approximate surface area is 134 Å². The first-order valence-corrected chi connectivity index (χ1v) is 7.80. The number of piperazine rings is 1. The molecule has 23 heavy (non-hydrogen) atoms. The van der Waals surface area contributed by atoms with Crippen molar-refractivity contribution >= 4 is 0 Å². The number of halogens is 3. The molecule has 1 saturated heterocycles. The zero-order valence-electron chi connectivity index (χ0n) is 13.4. The Morgan fingerprint density at radius 2 is 1.91 bits per heavy atom. The number of aromatic hydroxyl groups is 1. The molecule has 7 heteroatoms. The lowest BCUT2D eigenvalue weighted by Gasteiger charge is -2.36. The van der Waals surface area contributed by atoms with Crippen molar-refractivity contribution in [3.05, 3.63) is 23.8 Å². The van der Waals surface area contributed by atoms with E-state index in [1.54, 1.807) is 6.07 Å². The summed E-state index contributed by atoms with van der Waals surface area (Å²) in [7, 11) is 0. The predicted octanol–water partition coefficient (Wildman–Crippen LogP) is 3.28. The van der Waals surface area contributed by atoms with E-state index < -0.39 is 17.9 Å². The van der Waals surface area contributed by atoms with Crippen LogP contribution in [0.2, 0.25) is 0 Å². The van der Waals surface area contributed by atoms with E-state index in [1.165, 1.54) is 6.07 Å². The Kier molecular flexibility index (Phi) is 5.75. The van der Waals surface area contributed by atoms with Crippen molar-refractivity contribution in [2.24, 2.45) is 5.92 Å². The molecule has 1 aromatic rings. The van der Waals surface area contributed by atoms with E-state index in [-0.39, 0.29) is 6.04 Å². The Morgan fingerprint density at radius 1 is 1.26 bits per heavy atom. The van der Waals surface area contributed by atoms with E-state index in [0.717, 1.165) is 38.7 Å². The highest BCUT2D eigenvalue weighted by Gasteiger charge is 2.34. The zero-order chi connectivity index (χ0) is 17.0. The highest BCUT2D eigenvalue weighted by Crippen LogP contribution is 2.40. The Bertz CT molecular complexity index is 515. The van der Waals surface area contributed by atoms with Crippen LogP contribution in [0.5, 0.6) is 11.5 Å². The van der Waals surface area contributed by atoms with Gasteiger partial charge in [-0.05, 0) is 18.4 Å². The lowest BCUT2D eigenvalue weighted by molar-refractivity contribution is -0.275. The predicted molar refractivity (Wildman–Crippen MR) is 81.4 cm³/mol. The van der Waals surface area contributed by atoms with Gasteiger partial charge in [-0.2, -0.15) is 0 Å². The number of ether oxygens (including phenoxy) is 1. The molecular formula is C16H23F3N2O2. The quantitative estimate of drug-likeness (QED) is 0.868. The molecule has 0 aromatic heterocycles. The molecule has 4 nitrogen and oxygen atoms in total. The van der Waals surface area contributed by atoms with Gasteiger partial charge in [-0.15, -0.1) is 13.2 Å². The van der Waals surface area contributed by atoms with E-state index in [4.69, 9.17) is 0 Å². The highest BCUT2D eigenvalue weighted by atomic mass is 19.4. The van der Waals surface area contributed by atoms with Crippen molar-refractivity contribution in [3.8, 4) is 11.5 Å². The molecule has 1 heterocycles. The largest absolute Gasteiger partial charge is 0.573 e. The van der Waals surface area contributed by atoms with Crippen molar-refractivity contribution in [2.75, 3.05) is 26.2 Å². The highest BCUT2D eigenvalue weighted by molar-refractivity contribution is 5.47. The van der Waals surface area contributed by atoms with Crippen LogP contribution in [0.1, 0.15) is 31.9 Å². The van der Waals surface area contributed by atoms with Crippen LogP contribution < -0.4 is 10.1 Å². The molecular weight excluding hydrogens is 309 g/mol. The van der Waals surface area contributed by atoms with Crippen molar-refractivity contribution in [2.45, 2.75) is 32.7 Å². The van der Waals surface area contributed by atoms with Crippen LogP contribution in [0.25, 0.3) is 0 Å². The first-order chi connectivity index (χ1) is 10.8. The van der Waals surface area contributed by atoms with Crippen LogP contribution in [0.3, 0.4) is 0 Å². The van der Waals surface area contributed by atoms with Gasteiger partial charge in [0, 0.05) is 37.8 Å². The van der Waals surface area contributed by atoms with Crippen LogP contribution in [0.4, 0.5) is 13.2 Å². The molecule has 0 saturated carbocycles. The fourth-order valence-corrected chi connectivity index (χ4v) is 2.93. The van der Waals surface area contributed by atoms with Gasteiger partial charge in [0.15, 0.2) is 11.5 Å². The molecule has 2 N–H and O–H groups in total. The molecule has 2 rings (SSSR count). The molecule has 0 spiro atoms. The minimum absolute atomic E-state index is 0.131. The van der Waals surface area contributed by atoms with Crippen LogP contribution in [0.15, 0.2) is 18.2 Å². The van der Waals surface area contributed by atoms with E-state index in [1.807, 2.05) is 0 Å². The Hall–Kier alpha value is -1.47. The SMILES string of the molecule is CC(C)C[C@@H](c1cccc(OC(F)(F)F)c1O)N1CCNCC1. The summed E-state index contributed by atoms with van der Waals surface area (Å²) in [4.78, 5) is 2.20. The van der Waals surface area contributed by atoms with Crippen molar-refractivity contribution in [1.82, 2.24) is 10.2 Å². The van der Waals surface area contributed by atoms with Crippen LogP contribution >= 0.6 is 0 Å². The average molecular weight is 332 g/mol. The maximum atomic E-state index is 12.5. The molecule has 1 fully saturated rings. The lowest BCUT2D eigenvalue weighted by atomic mass is 9.94. The first kappa shape index (κ1) is 17.9. The summed E-state index contributed by atoms with van der Waals surface area (Å²) in [6.45, 7) is 7.36. The summed E-state index contributed by atoms with van der Waals surface area (Å²) in [6, 6.07) is 4.17. The molecule has 1 aliphatic rings. The van der Waals surface area contributed by atoms with Crippen molar-refractivity contribution in [1.29, 1.82) is 0 Å². The van der Waals surface area contributed by atoms with E-state index in [0.29, 0.717) is 11.5 Å². The topological polar surface area (TPSA) is 44.7 Å². The normalized spacial score (nSPS) is 18.2. The lowest BCUT2D eigenvalue weighted by Crippen LogP contribution is -2.45. The van der Waals surface area contributed by atoms with Gasteiger partial charge in [0.1, 0.15) is 0 Å². The van der Waals surface area contributed by atoms with E-state index in [9.17, 15) is 18.3 Å². The number of phenols is 1. The zero-order valence-corrected chi connectivity index (χ0v) is 13.4. The van der Waals surface area contributed by atoms with Gasteiger partial charge in [0.25, 0.3) is 0 Å². The summed E-state index contributed by atoms with van der Waals surface area (Å²) in [5, 5.41) is 13.6. The molecule has 1 aromatic carbocycles. The number of para-hydroxylation sites is 1. The third-order valence-corrected chi connectivity index (χ3v) is 3.90. The molecule has 1 atom stereocenters. The molecule has 0 aliphatic carbocycles. The van der Waals surface area contributed by atoms with Gasteiger partial charge >= 0.3 is 6.36 Å². The molecule has 0 amide bonds. The van der Waals surface area contributed by atoms with Crippen LogP contribution in [-0.2, 0) is 0 Å². The maximum Gasteiger partial charge on any atom is 0.573 e. The number of rotatable bonds is 5. The summed E-state index contributed by atoms with van der Waals surface area (Å²) < 4.78 is 41.3. The van der Waals surface area contributed by atoms with Gasteiger partial charge in [0.2, 0.25) is 0 Å². The second kappa shape index (κ2) is 7.40. The van der Waals surface area contributed by atoms with Gasteiger partial charge in [-0.3, -0.25) is 4.90 Å². The fourth-order valence-electron chi connectivity index (χ4n) is 2.93. The van der Waals surface area contributed by atoms with Crippen LogP contribution in [-0.4, -0.2) is 42.5 Å². The number of alkyl halides is 3. The summed E-state index contributed by atoms with van der Waals surface area (Å²) in [5.74, 6) is -0.616. The molecule has 0 unspecified atom stereocenters. The number of nitrogens with zero attached hydrogens (tertiary/aromatic N) is 1. The third kappa shape index (κ3) is 5.00. The summed E-state index contributed by atoms with van der Waals surface area (Å²) >= 11 is 0. The fraction of sp³-hybridized carbons (Fsp3) is 0.625. The first-order valence-electron chi connectivity index (χ1n) is 7.80. The number of hydrogen-bond donors (Lipinski definition) is 2. The second-order valence-corrected chi connectivity index (χ2v) is 6.17. The summed E-state index contributed by atoms with van der Waals surface area (Å²) in [5.41, 5.74) is 0.488. The minimum atomic E-state index is -4.82. The molecule has 130 valence electrons. The average Bonchev–Trinajstić information content (AvgIpc) is 2.47. The van der Waals surface area contributed by atoms with E-state index in [2.05, 4.69) is 28.8 Å². The molecule has 0 bridgehead atoms. The Balaban J connectivity index is 2.32. The van der Waals surface area contributed by atoms with Gasteiger partial charge in [-0.1, -0.05) is 26.0 Å². The van der Waals surface area contributed by atoms with Gasteiger partial charge in [-0.25, -0.2) is 0 Å². The van der Waals surface area contributed by atoms with Crippen LogP contribution in [0, 0.1) is 5.92 Å². The number of phenolic OH excluding ortho intramolecular Hbond substituents is 1. The van der Waals surface area contributed by atoms with Crippen molar-refractivity contribution < 1.29 is 23.0 Å². The summed E-state index contributed by atoms with van der Waals surface area (Å²) in [6.07, 6.45) is -4.07. The maximum absolute atomic E-state index is 12.5. The Morgan fingerprint density at radius 3 is 2.48 bits per heavy atom. The number of hydrogen-bond acceptors (Lipinski definition) is 4. The molecule has 1 aliphatic heterocycles. The minimum Gasteiger partial charge on any atom is -0.504 e. The van der Waals surface area contributed by atoms with Crippen molar-refractivity contribution in [3.63, 3.8) is 0 Å². The third-order valence-electron chi connectivity index (χ3n) is 3.90. The van der Waals surface area contributed by atoms with Gasteiger partial charge in [0.05, 0.1) is 0 Å². The van der Waals surface area contributed by atoms with Gasteiger partial charge < -0.3 is 15.2 Å². The molecule has 0 radical (unpaired) electrons. The second-order valence-electron chi connectivity index (χ2n) is 6.17. The monoisotopic (exact) mass is 332 g/mol. The smallest absolute Gasteiger partial charge is 0.504 e. The number of benzene rings is 1. The van der Waals surface area contributed by atoms with E-state index >= 15 is 0 Å². The standard InChI is InChI=1S/C16H23F3N2O2/c1-11(2)10-13(21-8-6-20-7-9-21)12-4-3-5-14(15(12)22)23-16(17,18)19/h3-5,11,13,20,22H,6-10H2,1-2H3/t13-/m0/s1.